The summed E-state index contributed by atoms with van der Waals surface area (Å²) in [5.74, 6) is -0.770. The van der Waals surface area contributed by atoms with Crippen LogP contribution in [0.4, 0.5) is 15.8 Å². The SMILES string of the molecule is O=C(CNc1ccc(F)cc1[N+](=O)[O-])N1CCCCC1. The Kier molecular flexibility index (Phi) is 4.49. The minimum atomic E-state index is -0.676. The lowest BCUT2D eigenvalue weighted by Crippen LogP contribution is -2.39. The third-order valence-electron chi connectivity index (χ3n) is 3.30. The molecule has 1 amide bonds. The average Bonchev–Trinajstić information content (AvgIpc) is 2.46. The standard InChI is InChI=1S/C13H16FN3O3/c14-10-4-5-11(12(8-10)17(19)20)15-9-13(18)16-6-2-1-3-7-16/h4-5,8,15H,1-3,6-7,9H2. The molecule has 1 N–H and O–H groups in total. The molecule has 0 bridgehead atoms. The van der Waals surface area contributed by atoms with Crippen LogP contribution in [0.2, 0.25) is 0 Å². The Balaban J connectivity index is 1.99. The van der Waals surface area contributed by atoms with Crippen molar-refractivity contribution in [2.45, 2.75) is 19.3 Å². The van der Waals surface area contributed by atoms with Crippen LogP contribution in [0.3, 0.4) is 0 Å². The molecule has 0 radical (unpaired) electrons. The molecule has 20 heavy (non-hydrogen) atoms. The van der Waals surface area contributed by atoms with Crippen molar-refractivity contribution < 1.29 is 14.1 Å². The van der Waals surface area contributed by atoms with Crippen LogP contribution in [0.25, 0.3) is 0 Å². The molecular weight excluding hydrogens is 265 g/mol. The first kappa shape index (κ1) is 14.2. The van der Waals surface area contributed by atoms with E-state index in [-0.39, 0.29) is 23.8 Å². The van der Waals surface area contributed by atoms with Gasteiger partial charge in [-0.2, -0.15) is 0 Å². The molecule has 0 saturated carbocycles. The summed E-state index contributed by atoms with van der Waals surface area (Å²) in [7, 11) is 0. The normalized spacial score (nSPS) is 14.9. The van der Waals surface area contributed by atoms with E-state index in [9.17, 15) is 19.3 Å². The number of hydrogen-bond donors (Lipinski definition) is 1. The Bertz CT molecular complexity index is 516. The molecule has 0 unspecified atom stereocenters. The number of rotatable bonds is 4. The molecule has 1 aliphatic rings. The average molecular weight is 281 g/mol. The summed E-state index contributed by atoms with van der Waals surface area (Å²) in [6.07, 6.45) is 3.10. The monoisotopic (exact) mass is 281 g/mol. The summed E-state index contributed by atoms with van der Waals surface area (Å²) < 4.78 is 13.0. The van der Waals surface area contributed by atoms with Crippen LogP contribution in [0, 0.1) is 15.9 Å². The van der Waals surface area contributed by atoms with Crippen molar-refractivity contribution in [3.05, 3.63) is 34.1 Å². The first-order chi connectivity index (χ1) is 9.58. The highest BCUT2D eigenvalue weighted by molar-refractivity contribution is 5.81. The zero-order valence-corrected chi connectivity index (χ0v) is 11.0. The van der Waals surface area contributed by atoms with Crippen molar-refractivity contribution in [2.24, 2.45) is 0 Å². The van der Waals surface area contributed by atoms with E-state index in [1.165, 1.54) is 6.07 Å². The molecule has 0 aromatic heterocycles. The van der Waals surface area contributed by atoms with Gasteiger partial charge in [0.15, 0.2) is 0 Å². The highest BCUT2D eigenvalue weighted by Gasteiger charge is 2.19. The topological polar surface area (TPSA) is 75.5 Å². The summed E-state index contributed by atoms with van der Waals surface area (Å²) in [5, 5.41) is 13.5. The molecule has 1 fully saturated rings. The predicted octanol–water partition coefficient (Wildman–Crippen LogP) is 2.16. The Morgan fingerprint density at radius 2 is 2.05 bits per heavy atom. The summed E-state index contributed by atoms with van der Waals surface area (Å²) in [4.78, 5) is 23.8. The number of halogens is 1. The van der Waals surface area contributed by atoms with Crippen LogP contribution in [-0.4, -0.2) is 35.4 Å². The minimum absolute atomic E-state index is 0.0214. The number of carbonyl (C=O) groups excluding carboxylic acids is 1. The van der Waals surface area contributed by atoms with Crippen molar-refractivity contribution in [3.8, 4) is 0 Å². The van der Waals surface area contributed by atoms with E-state index in [1.807, 2.05) is 0 Å². The summed E-state index contributed by atoms with van der Waals surface area (Å²) >= 11 is 0. The number of nitro groups is 1. The van der Waals surface area contributed by atoms with Crippen LogP contribution >= 0.6 is 0 Å². The molecule has 0 atom stereocenters. The number of anilines is 1. The van der Waals surface area contributed by atoms with E-state index >= 15 is 0 Å². The fourth-order valence-electron chi connectivity index (χ4n) is 2.23. The van der Waals surface area contributed by atoms with E-state index in [4.69, 9.17) is 0 Å². The molecule has 1 aliphatic heterocycles. The Labute approximate surface area is 115 Å². The van der Waals surface area contributed by atoms with Crippen LogP contribution in [0.15, 0.2) is 18.2 Å². The van der Waals surface area contributed by atoms with Crippen molar-refractivity contribution in [1.82, 2.24) is 4.90 Å². The second-order valence-electron chi connectivity index (χ2n) is 4.71. The largest absolute Gasteiger partial charge is 0.371 e. The van der Waals surface area contributed by atoms with Crippen LogP contribution in [0.1, 0.15) is 19.3 Å². The van der Waals surface area contributed by atoms with Crippen LogP contribution in [0.5, 0.6) is 0 Å². The fraction of sp³-hybridized carbons (Fsp3) is 0.462. The molecule has 1 saturated heterocycles. The summed E-state index contributed by atoms with van der Waals surface area (Å²) in [5.41, 5.74) is -0.210. The predicted molar refractivity (Wildman–Crippen MR) is 72.0 cm³/mol. The van der Waals surface area contributed by atoms with E-state index in [1.54, 1.807) is 4.90 Å². The van der Waals surface area contributed by atoms with Crippen molar-refractivity contribution >= 4 is 17.3 Å². The number of nitrogens with zero attached hydrogens (tertiary/aromatic N) is 2. The van der Waals surface area contributed by atoms with Gasteiger partial charge in [-0.3, -0.25) is 14.9 Å². The van der Waals surface area contributed by atoms with E-state index in [0.29, 0.717) is 0 Å². The van der Waals surface area contributed by atoms with Crippen LogP contribution < -0.4 is 5.32 Å². The maximum Gasteiger partial charge on any atom is 0.295 e. The van der Waals surface area contributed by atoms with Gasteiger partial charge in [0.2, 0.25) is 5.91 Å². The van der Waals surface area contributed by atoms with Crippen LogP contribution in [-0.2, 0) is 4.79 Å². The van der Waals surface area contributed by atoms with Gasteiger partial charge >= 0.3 is 0 Å². The van der Waals surface area contributed by atoms with Gasteiger partial charge in [-0.1, -0.05) is 0 Å². The second kappa shape index (κ2) is 6.31. The molecular formula is C13H16FN3O3. The fourth-order valence-corrected chi connectivity index (χ4v) is 2.23. The molecule has 108 valence electrons. The number of amides is 1. The number of likely N-dealkylation sites (tertiary alicyclic amines) is 1. The lowest BCUT2D eigenvalue weighted by atomic mass is 10.1. The third-order valence-corrected chi connectivity index (χ3v) is 3.30. The van der Waals surface area contributed by atoms with Gasteiger partial charge in [-0.05, 0) is 31.4 Å². The van der Waals surface area contributed by atoms with E-state index < -0.39 is 10.7 Å². The molecule has 0 aliphatic carbocycles. The molecule has 1 heterocycles. The number of benzene rings is 1. The lowest BCUT2D eigenvalue weighted by Gasteiger charge is -2.26. The number of nitrogens with one attached hydrogen (secondary N) is 1. The molecule has 1 aromatic carbocycles. The Morgan fingerprint density at radius 1 is 1.35 bits per heavy atom. The van der Waals surface area contributed by atoms with E-state index in [2.05, 4.69) is 5.32 Å². The summed E-state index contributed by atoms with van der Waals surface area (Å²) in [6.45, 7) is 1.44. The maximum atomic E-state index is 13.0. The smallest absolute Gasteiger partial charge is 0.295 e. The number of nitro benzene ring substituents is 1. The molecule has 1 aromatic rings. The highest BCUT2D eigenvalue weighted by atomic mass is 19.1. The summed E-state index contributed by atoms with van der Waals surface area (Å²) in [6, 6.07) is 3.24. The number of piperidine rings is 1. The van der Waals surface area contributed by atoms with Crippen molar-refractivity contribution in [3.63, 3.8) is 0 Å². The Hall–Kier alpha value is -2.18. The molecule has 7 heteroatoms. The quantitative estimate of drug-likeness (QED) is 0.678. The maximum absolute atomic E-state index is 13.0. The van der Waals surface area contributed by atoms with Crippen molar-refractivity contribution in [1.29, 1.82) is 0 Å². The van der Waals surface area contributed by atoms with Gasteiger partial charge in [-0.25, -0.2) is 4.39 Å². The van der Waals surface area contributed by atoms with Gasteiger partial charge in [0.05, 0.1) is 17.5 Å². The van der Waals surface area contributed by atoms with Gasteiger partial charge in [-0.15, -0.1) is 0 Å². The van der Waals surface area contributed by atoms with Gasteiger partial charge in [0.1, 0.15) is 11.5 Å². The van der Waals surface area contributed by atoms with Gasteiger partial charge in [0, 0.05) is 13.1 Å². The molecule has 2 rings (SSSR count). The second-order valence-corrected chi connectivity index (χ2v) is 4.71. The van der Waals surface area contributed by atoms with E-state index in [0.717, 1.165) is 44.5 Å². The first-order valence-corrected chi connectivity index (χ1v) is 6.53. The minimum Gasteiger partial charge on any atom is -0.371 e. The number of hydrogen-bond acceptors (Lipinski definition) is 4. The number of carbonyl (C=O) groups is 1. The highest BCUT2D eigenvalue weighted by Crippen LogP contribution is 2.24. The van der Waals surface area contributed by atoms with Crippen molar-refractivity contribution in [2.75, 3.05) is 25.0 Å². The van der Waals surface area contributed by atoms with Gasteiger partial charge < -0.3 is 10.2 Å². The first-order valence-electron chi connectivity index (χ1n) is 6.53. The molecule has 0 spiro atoms. The zero-order chi connectivity index (χ0) is 14.5. The Morgan fingerprint density at radius 3 is 2.70 bits per heavy atom. The molecule has 6 nitrogen and oxygen atoms in total. The zero-order valence-electron chi connectivity index (χ0n) is 11.0. The van der Waals surface area contributed by atoms with Gasteiger partial charge in [0.25, 0.3) is 5.69 Å². The lowest BCUT2D eigenvalue weighted by molar-refractivity contribution is -0.384. The third kappa shape index (κ3) is 3.43.